The van der Waals surface area contributed by atoms with Gasteiger partial charge in [-0.15, -0.1) is 0 Å². The van der Waals surface area contributed by atoms with Crippen LogP contribution in [0.4, 0.5) is 0 Å². The first-order valence-electron chi connectivity index (χ1n) is 5.63. The van der Waals surface area contributed by atoms with Gasteiger partial charge in [-0.25, -0.2) is 4.79 Å². The number of carbonyl (C=O) groups is 2. The van der Waals surface area contributed by atoms with Crippen LogP contribution in [0.25, 0.3) is 5.53 Å². The monoisotopic (exact) mass is 246 g/mol. The fourth-order valence-electron chi connectivity index (χ4n) is 1.76. The van der Waals surface area contributed by atoms with Crippen molar-refractivity contribution in [2.75, 3.05) is 0 Å². The van der Waals surface area contributed by atoms with Gasteiger partial charge in [-0.3, -0.25) is 4.79 Å². The zero-order valence-corrected chi connectivity index (χ0v) is 10.0. The second-order valence-corrected chi connectivity index (χ2v) is 3.90. The summed E-state index contributed by atoms with van der Waals surface area (Å²) in [4.78, 5) is 24.9. The smallest absolute Gasteiger partial charge is 0.441 e. The van der Waals surface area contributed by atoms with Gasteiger partial charge in [0.05, 0.1) is 0 Å². The normalized spacial score (nSPS) is 11.4. The molecule has 5 nitrogen and oxygen atoms in total. The maximum absolute atomic E-state index is 11.7. The van der Waals surface area contributed by atoms with Crippen molar-refractivity contribution < 1.29 is 19.5 Å². The first-order valence-corrected chi connectivity index (χ1v) is 5.63. The zero-order valence-electron chi connectivity index (χ0n) is 10.0. The van der Waals surface area contributed by atoms with Crippen molar-refractivity contribution in [3.63, 3.8) is 0 Å². The van der Waals surface area contributed by atoms with Crippen LogP contribution in [0.3, 0.4) is 0 Å². The molecule has 0 spiro atoms. The summed E-state index contributed by atoms with van der Waals surface area (Å²) >= 11 is 0. The largest absolute Gasteiger partial charge is 0.472 e. The van der Waals surface area contributed by atoms with Gasteiger partial charge >= 0.3 is 11.7 Å². The van der Waals surface area contributed by atoms with Crippen molar-refractivity contribution in [3.8, 4) is 0 Å². The van der Waals surface area contributed by atoms with Crippen LogP contribution >= 0.6 is 0 Å². The Hall–Kier alpha value is -2.26. The van der Waals surface area contributed by atoms with Gasteiger partial charge in [-0.1, -0.05) is 37.3 Å². The van der Waals surface area contributed by atoms with Gasteiger partial charge in [0.2, 0.25) is 0 Å². The molecule has 0 saturated carbocycles. The van der Waals surface area contributed by atoms with Crippen LogP contribution in [-0.2, 0) is 9.59 Å². The minimum atomic E-state index is -1.51. The van der Waals surface area contributed by atoms with Crippen molar-refractivity contribution in [3.05, 3.63) is 41.4 Å². The number of carbonyl (C=O) groups excluding carboxylic acids is 1. The third-order valence-corrected chi connectivity index (χ3v) is 2.76. The van der Waals surface area contributed by atoms with E-state index in [0.717, 1.165) is 5.56 Å². The zero-order chi connectivity index (χ0) is 13.5. The highest BCUT2D eigenvalue weighted by Gasteiger charge is 2.30. The molecule has 1 aromatic carbocycles. The van der Waals surface area contributed by atoms with Crippen molar-refractivity contribution in [2.45, 2.75) is 25.7 Å². The van der Waals surface area contributed by atoms with Gasteiger partial charge in [0, 0.05) is 6.42 Å². The lowest BCUT2D eigenvalue weighted by Gasteiger charge is -2.12. The topological polar surface area (TPSA) is 90.8 Å². The predicted molar refractivity (Wildman–Crippen MR) is 65.4 cm³/mol. The van der Waals surface area contributed by atoms with Crippen LogP contribution in [0, 0.1) is 0 Å². The molecular formula is C13H14N2O3. The molecule has 1 unspecified atom stereocenters. The summed E-state index contributed by atoms with van der Waals surface area (Å²) in [6, 6.07) is 9.37. The van der Waals surface area contributed by atoms with Crippen LogP contribution < -0.4 is 0 Å². The first-order chi connectivity index (χ1) is 8.60. The number of ketones is 1. The van der Waals surface area contributed by atoms with E-state index in [4.69, 9.17) is 10.6 Å². The molecular weight excluding hydrogens is 232 g/mol. The quantitative estimate of drug-likeness (QED) is 0.359. The van der Waals surface area contributed by atoms with E-state index in [0.29, 0.717) is 6.42 Å². The molecule has 18 heavy (non-hydrogen) atoms. The molecule has 0 bridgehead atoms. The summed E-state index contributed by atoms with van der Waals surface area (Å²) < 4.78 is 0. The number of carboxylic acid groups (broad SMARTS) is 1. The van der Waals surface area contributed by atoms with Crippen molar-refractivity contribution in [2.24, 2.45) is 0 Å². The molecule has 94 valence electrons. The summed E-state index contributed by atoms with van der Waals surface area (Å²) in [5.41, 5.74) is 8.66. The molecule has 0 amide bonds. The maximum Gasteiger partial charge on any atom is 0.441 e. The Balaban J connectivity index is 2.85. The molecule has 0 aliphatic carbocycles. The van der Waals surface area contributed by atoms with E-state index in [1.54, 1.807) is 0 Å². The molecule has 0 aliphatic rings. The minimum Gasteiger partial charge on any atom is -0.472 e. The van der Waals surface area contributed by atoms with E-state index >= 15 is 0 Å². The minimum absolute atomic E-state index is 0.0200. The summed E-state index contributed by atoms with van der Waals surface area (Å²) in [7, 11) is 0. The van der Waals surface area contributed by atoms with Gasteiger partial charge < -0.3 is 10.6 Å². The third kappa shape index (κ3) is 3.37. The van der Waals surface area contributed by atoms with E-state index in [1.807, 2.05) is 37.3 Å². The molecule has 1 aromatic rings. The van der Waals surface area contributed by atoms with E-state index in [9.17, 15) is 9.59 Å². The van der Waals surface area contributed by atoms with Crippen LogP contribution in [-0.4, -0.2) is 27.4 Å². The number of hydrogen-bond donors (Lipinski definition) is 1. The van der Waals surface area contributed by atoms with Crippen molar-refractivity contribution >= 4 is 17.5 Å². The Morgan fingerprint density at radius 1 is 1.33 bits per heavy atom. The Bertz CT molecular complexity index is 490. The van der Waals surface area contributed by atoms with Crippen LogP contribution in [0.2, 0.25) is 0 Å². The van der Waals surface area contributed by atoms with Crippen LogP contribution in [0.5, 0.6) is 0 Å². The number of rotatable bonds is 6. The fraction of sp³-hybridized carbons (Fsp3) is 0.308. The molecule has 5 heteroatoms. The molecule has 0 radical (unpaired) electrons. The second kappa shape index (κ2) is 6.47. The van der Waals surface area contributed by atoms with Gasteiger partial charge in [0.1, 0.15) is 0 Å². The van der Waals surface area contributed by atoms with Crippen molar-refractivity contribution in [1.29, 1.82) is 0 Å². The summed E-state index contributed by atoms with van der Waals surface area (Å²) in [5.74, 6) is -2.25. The average molecular weight is 246 g/mol. The first kappa shape index (κ1) is 13.8. The maximum atomic E-state index is 11.7. The van der Waals surface area contributed by atoms with Gasteiger partial charge in [0.25, 0.3) is 5.78 Å². The number of carboxylic acids is 1. The Kier molecular flexibility index (Phi) is 4.96. The lowest BCUT2D eigenvalue weighted by molar-refractivity contribution is -0.136. The van der Waals surface area contributed by atoms with Crippen molar-refractivity contribution in [1.82, 2.24) is 0 Å². The number of nitrogens with zero attached hydrogens (tertiary/aromatic N) is 2. The van der Waals surface area contributed by atoms with Gasteiger partial charge in [-0.2, -0.15) is 4.79 Å². The molecule has 0 heterocycles. The Labute approximate surface area is 105 Å². The van der Waals surface area contributed by atoms with Crippen LogP contribution in [0.1, 0.15) is 31.2 Å². The van der Waals surface area contributed by atoms with E-state index in [1.165, 1.54) is 0 Å². The third-order valence-electron chi connectivity index (χ3n) is 2.76. The number of benzene rings is 1. The van der Waals surface area contributed by atoms with E-state index < -0.39 is 17.5 Å². The Morgan fingerprint density at radius 3 is 2.39 bits per heavy atom. The molecule has 0 aliphatic heterocycles. The summed E-state index contributed by atoms with van der Waals surface area (Å²) in [5, 5.41) is 8.69. The second-order valence-electron chi connectivity index (χ2n) is 3.90. The molecule has 0 fully saturated rings. The highest BCUT2D eigenvalue weighted by molar-refractivity contribution is 6.61. The SMILES string of the molecule is CCC(CC(=O)C(=[N+]=[N-])C(=O)O)c1ccccc1. The fourth-order valence-corrected chi connectivity index (χ4v) is 1.76. The summed E-state index contributed by atoms with van der Waals surface area (Å²) in [6.45, 7) is 1.92. The molecule has 1 atom stereocenters. The number of hydrogen-bond acceptors (Lipinski definition) is 2. The average Bonchev–Trinajstić information content (AvgIpc) is 2.37. The molecule has 1 rings (SSSR count). The highest BCUT2D eigenvalue weighted by atomic mass is 16.4. The number of aliphatic carboxylic acids is 1. The van der Waals surface area contributed by atoms with Crippen LogP contribution in [0.15, 0.2) is 30.3 Å². The van der Waals surface area contributed by atoms with Gasteiger partial charge in [-0.05, 0) is 17.9 Å². The Morgan fingerprint density at radius 2 is 1.94 bits per heavy atom. The molecule has 0 saturated heterocycles. The predicted octanol–water partition coefficient (Wildman–Crippen LogP) is 1.89. The highest BCUT2D eigenvalue weighted by Crippen LogP contribution is 2.23. The van der Waals surface area contributed by atoms with E-state index in [-0.39, 0.29) is 12.3 Å². The number of Topliss-reactive ketones (excluding diaryl/α,β-unsaturated/α-hetero) is 1. The standard InChI is InChI=1S/C13H14N2O3/c1-2-9(10-6-4-3-5-7-10)8-11(16)12(15-14)13(17)18/h3-7,9H,2,8H2,1H3,(H,17,18). The lowest BCUT2D eigenvalue weighted by Crippen LogP contribution is -2.26. The van der Waals surface area contributed by atoms with E-state index in [2.05, 4.69) is 4.79 Å². The summed E-state index contributed by atoms with van der Waals surface area (Å²) in [6.07, 6.45) is 0.723. The lowest BCUT2D eigenvalue weighted by atomic mass is 9.90. The molecule has 0 aromatic heterocycles. The molecule has 1 N–H and O–H groups in total. The van der Waals surface area contributed by atoms with Gasteiger partial charge in [0.15, 0.2) is 0 Å².